The molecule has 1 aromatic heterocycles. The molecule has 17 heavy (non-hydrogen) atoms. The van der Waals surface area contributed by atoms with Gasteiger partial charge in [0.2, 0.25) is 5.91 Å². The highest BCUT2D eigenvalue weighted by molar-refractivity contribution is 5.75. The van der Waals surface area contributed by atoms with Gasteiger partial charge in [-0.1, -0.05) is 13.3 Å². The van der Waals surface area contributed by atoms with E-state index in [4.69, 9.17) is 0 Å². The molecule has 0 saturated carbocycles. The Kier molecular flexibility index (Phi) is 5.19. The van der Waals surface area contributed by atoms with Gasteiger partial charge in [0.1, 0.15) is 0 Å². The zero-order valence-corrected chi connectivity index (χ0v) is 11.3. The average molecular weight is 237 g/mol. The lowest BCUT2D eigenvalue weighted by atomic mass is 10.1. The monoisotopic (exact) mass is 237 g/mol. The summed E-state index contributed by atoms with van der Waals surface area (Å²) in [5, 5.41) is 7.32. The van der Waals surface area contributed by atoms with E-state index in [1.807, 2.05) is 18.7 Å². The molecule has 0 atom stereocenters. The standard InChI is InChI=1S/C13H23N3O/c1-5-6-7-13(17)14-9-8-12-10(2)15-16(4)11(12)3/h5-9H2,1-4H3,(H,14,17). The highest BCUT2D eigenvalue weighted by Crippen LogP contribution is 2.11. The van der Waals surface area contributed by atoms with Crippen LogP contribution in [0.2, 0.25) is 0 Å². The van der Waals surface area contributed by atoms with Crippen molar-refractivity contribution in [2.45, 2.75) is 46.5 Å². The van der Waals surface area contributed by atoms with Gasteiger partial charge in [0.15, 0.2) is 0 Å². The first-order chi connectivity index (χ1) is 8.06. The fourth-order valence-corrected chi connectivity index (χ4v) is 1.93. The highest BCUT2D eigenvalue weighted by atomic mass is 16.1. The minimum atomic E-state index is 0.158. The van der Waals surface area contributed by atoms with Crippen molar-refractivity contribution in [3.8, 4) is 0 Å². The lowest BCUT2D eigenvalue weighted by Gasteiger charge is -2.05. The van der Waals surface area contributed by atoms with Crippen LogP contribution in [0.4, 0.5) is 0 Å². The molecule has 0 fully saturated rings. The van der Waals surface area contributed by atoms with E-state index in [0.717, 1.165) is 25.0 Å². The van der Waals surface area contributed by atoms with Crippen molar-refractivity contribution in [3.05, 3.63) is 17.0 Å². The Morgan fingerprint density at radius 1 is 1.41 bits per heavy atom. The van der Waals surface area contributed by atoms with Crippen molar-refractivity contribution in [2.24, 2.45) is 7.05 Å². The normalized spacial score (nSPS) is 10.6. The molecule has 4 nitrogen and oxygen atoms in total. The number of nitrogens with one attached hydrogen (secondary N) is 1. The minimum Gasteiger partial charge on any atom is -0.356 e. The van der Waals surface area contributed by atoms with Crippen molar-refractivity contribution in [2.75, 3.05) is 6.54 Å². The van der Waals surface area contributed by atoms with Gasteiger partial charge in [-0.05, 0) is 32.3 Å². The van der Waals surface area contributed by atoms with Gasteiger partial charge in [0.25, 0.3) is 0 Å². The van der Waals surface area contributed by atoms with E-state index in [-0.39, 0.29) is 5.91 Å². The van der Waals surface area contributed by atoms with Crippen LogP contribution in [0.5, 0.6) is 0 Å². The van der Waals surface area contributed by atoms with Gasteiger partial charge >= 0.3 is 0 Å². The second kappa shape index (κ2) is 6.42. The first-order valence-corrected chi connectivity index (χ1v) is 6.32. The number of aryl methyl sites for hydroxylation is 2. The Hall–Kier alpha value is -1.32. The lowest BCUT2D eigenvalue weighted by Crippen LogP contribution is -2.25. The molecular weight excluding hydrogens is 214 g/mol. The van der Waals surface area contributed by atoms with E-state index >= 15 is 0 Å². The number of unbranched alkanes of at least 4 members (excludes halogenated alkanes) is 1. The molecule has 0 aliphatic carbocycles. The van der Waals surface area contributed by atoms with Crippen molar-refractivity contribution in [1.29, 1.82) is 0 Å². The van der Waals surface area contributed by atoms with Gasteiger partial charge < -0.3 is 5.32 Å². The summed E-state index contributed by atoms with van der Waals surface area (Å²) < 4.78 is 1.89. The molecule has 0 radical (unpaired) electrons. The van der Waals surface area contributed by atoms with E-state index in [0.29, 0.717) is 13.0 Å². The molecule has 1 amide bonds. The number of hydrogen-bond donors (Lipinski definition) is 1. The molecule has 4 heteroatoms. The van der Waals surface area contributed by atoms with Gasteiger partial charge in [-0.25, -0.2) is 0 Å². The van der Waals surface area contributed by atoms with E-state index in [2.05, 4.69) is 24.3 Å². The zero-order valence-electron chi connectivity index (χ0n) is 11.3. The van der Waals surface area contributed by atoms with E-state index in [1.165, 1.54) is 11.3 Å². The Balaban J connectivity index is 2.38. The number of carbonyl (C=O) groups is 1. The van der Waals surface area contributed by atoms with Crippen LogP contribution in [0.3, 0.4) is 0 Å². The number of amides is 1. The molecular formula is C13H23N3O. The molecule has 1 rings (SSSR count). The quantitative estimate of drug-likeness (QED) is 0.821. The number of nitrogens with zero attached hydrogens (tertiary/aromatic N) is 2. The predicted molar refractivity (Wildman–Crippen MR) is 68.9 cm³/mol. The van der Waals surface area contributed by atoms with Gasteiger partial charge in [-0.15, -0.1) is 0 Å². The van der Waals surface area contributed by atoms with E-state index in [1.54, 1.807) is 0 Å². The fourth-order valence-electron chi connectivity index (χ4n) is 1.93. The van der Waals surface area contributed by atoms with Crippen LogP contribution >= 0.6 is 0 Å². The third-order valence-electron chi connectivity index (χ3n) is 3.11. The maximum atomic E-state index is 11.4. The fraction of sp³-hybridized carbons (Fsp3) is 0.692. The van der Waals surface area contributed by atoms with Crippen LogP contribution in [0.25, 0.3) is 0 Å². The highest BCUT2D eigenvalue weighted by Gasteiger charge is 2.09. The molecule has 0 aliphatic rings. The van der Waals surface area contributed by atoms with Gasteiger partial charge in [-0.2, -0.15) is 5.10 Å². The van der Waals surface area contributed by atoms with Crippen LogP contribution in [-0.4, -0.2) is 22.2 Å². The molecule has 1 N–H and O–H groups in total. The zero-order chi connectivity index (χ0) is 12.8. The van der Waals surface area contributed by atoms with Crippen LogP contribution in [0, 0.1) is 13.8 Å². The third-order valence-corrected chi connectivity index (χ3v) is 3.11. The lowest BCUT2D eigenvalue weighted by molar-refractivity contribution is -0.121. The molecule has 0 aliphatic heterocycles. The van der Waals surface area contributed by atoms with E-state index in [9.17, 15) is 4.79 Å². The molecule has 1 heterocycles. The number of rotatable bonds is 6. The van der Waals surface area contributed by atoms with Crippen molar-refractivity contribution in [1.82, 2.24) is 15.1 Å². The largest absolute Gasteiger partial charge is 0.356 e. The Bertz CT molecular complexity index is 382. The summed E-state index contributed by atoms with van der Waals surface area (Å²) in [6.45, 7) is 6.88. The third kappa shape index (κ3) is 3.88. The van der Waals surface area contributed by atoms with Crippen molar-refractivity contribution < 1.29 is 4.79 Å². The average Bonchev–Trinajstić information content (AvgIpc) is 2.53. The van der Waals surface area contributed by atoms with Crippen LogP contribution in [-0.2, 0) is 18.3 Å². The smallest absolute Gasteiger partial charge is 0.220 e. The molecule has 0 bridgehead atoms. The summed E-state index contributed by atoms with van der Waals surface area (Å²) in [7, 11) is 1.95. The molecule has 0 spiro atoms. The second-order valence-corrected chi connectivity index (χ2v) is 4.48. The van der Waals surface area contributed by atoms with Gasteiger partial charge in [-0.3, -0.25) is 9.48 Å². The summed E-state index contributed by atoms with van der Waals surface area (Å²) in [6.07, 6.45) is 3.54. The second-order valence-electron chi connectivity index (χ2n) is 4.48. The maximum absolute atomic E-state index is 11.4. The number of carbonyl (C=O) groups excluding carboxylic acids is 1. The van der Waals surface area contributed by atoms with Gasteiger partial charge in [0.05, 0.1) is 5.69 Å². The topological polar surface area (TPSA) is 46.9 Å². The molecule has 1 aromatic rings. The van der Waals surface area contributed by atoms with Crippen LogP contribution in [0.1, 0.15) is 43.1 Å². The Morgan fingerprint density at radius 3 is 2.65 bits per heavy atom. The number of aromatic nitrogens is 2. The van der Waals surface area contributed by atoms with Gasteiger partial charge in [0, 0.05) is 25.7 Å². The van der Waals surface area contributed by atoms with Crippen molar-refractivity contribution >= 4 is 5.91 Å². The summed E-state index contributed by atoms with van der Waals surface area (Å²) in [5.41, 5.74) is 3.50. The molecule has 0 unspecified atom stereocenters. The molecule has 96 valence electrons. The first kappa shape index (κ1) is 13.7. The minimum absolute atomic E-state index is 0.158. The Morgan fingerprint density at radius 2 is 2.12 bits per heavy atom. The summed E-state index contributed by atoms with van der Waals surface area (Å²) in [5.74, 6) is 0.158. The number of hydrogen-bond acceptors (Lipinski definition) is 2. The Labute approximate surface area is 103 Å². The van der Waals surface area contributed by atoms with E-state index < -0.39 is 0 Å². The maximum Gasteiger partial charge on any atom is 0.220 e. The van der Waals surface area contributed by atoms with Crippen LogP contribution in [0.15, 0.2) is 0 Å². The molecule has 0 aromatic carbocycles. The summed E-state index contributed by atoms with van der Waals surface area (Å²) >= 11 is 0. The summed E-state index contributed by atoms with van der Waals surface area (Å²) in [4.78, 5) is 11.4. The SMILES string of the molecule is CCCCC(=O)NCCc1c(C)nn(C)c1C. The predicted octanol–water partition coefficient (Wildman–Crippen LogP) is 1.89. The summed E-state index contributed by atoms with van der Waals surface area (Å²) in [6, 6.07) is 0. The first-order valence-electron chi connectivity index (χ1n) is 6.32. The van der Waals surface area contributed by atoms with Crippen LogP contribution < -0.4 is 5.32 Å². The molecule has 0 saturated heterocycles. The van der Waals surface area contributed by atoms with Crippen molar-refractivity contribution in [3.63, 3.8) is 0 Å².